The highest BCUT2D eigenvalue weighted by Gasteiger charge is 2.35. The number of halogens is 3. The molecule has 2 heterocycles. The van der Waals surface area contributed by atoms with Crippen molar-refractivity contribution in [3.63, 3.8) is 0 Å². The maximum atomic E-state index is 12.8. The number of nitrogens with one attached hydrogen (secondary N) is 1. The molecule has 7 heteroatoms. The van der Waals surface area contributed by atoms with Gasteiger partial charge in [0, 0.05) is 0 Å². The Morgan fingerprint density at radius 3 is 2.56 bits per heavy atom. The van der Waals surface area contributed by atoms with E-state index in [4.69, 9.17) is 0 Å². The Kier molecular flexibility index (Phi) is 2.84. The average Bonchev–Trinajstić information content (AvgIpc) is 2.26. The second kappa shape index (κ2) is 4.08. The molecule has 0 aliphatic carbocycles. The lowest BCUT2D eigenvalue weighted by molar-refractivity contribution is -0.141. The van der Waals surface area contributed by atoms with E-state index in [0.29, 0.717) is 0 Å². The Morgan fingerprint density at radius 2 is 2.00 bits per heavy atom. The monoisotopic (exact) mass is 257 g/mol. The van der Waals surface area contributed by atoms with E-state index >= 15 is 0 Å². The number of fused-ring (bicyclic) bond motifs is 1. The molecule has 0 aromatic carbocycles. The van der Waals surface area contributed by atoms with Gasteiger partial charge in [-0.05, 0) is 25.0 Å². The van der Waals surface area contributed by atoms with Crippen molar-refractivity contribution < 1.29 is 13.2 Å². The minimum atomic E-state index is -4.54. The number of aromatic nitrogens is 3. The number of rotatable bonds is 1. The van der Waals surface area contributed by atoms with Crippen LogP contribution in [0, 0.1) is 6.92 Å². The first-order valence-electron chi connectivity index (χ1n) is 5.30. The van der Waals surface area contributed by atoms with Crippen molar-refractivity contribution in [2.45, 2.75) is 26.4 Å². The maximum Gasteiger partial charge on any atom is 0.433 e. The Balaban J connectivity index is 2.86. The van der Waals surface area contributed by atoms with Gasteiger partial charge >= 0.3 is 6.18 Å². The largest absolute Gasteiger partial charge is 0.433 e. The molecule has 1 N–H and O–H groups in total. The van der Waals surface area contributed by atoms with Gasteiger partial charge in [-0.15, -0.1) is 0 Å². The van der Waals surface area contributed by atoms with Gasteiger partial charge in [0.1, 0.15) is 11.5 Å². The van der Waals surface area contributed by atoms with Crippen LogP contribution in [0.3, 0.4) is 0 Å². The Hall–Kier alpha value is -1.92. The normalized spacial score (nSPS) is 12.1. The van der Waals surface area contributed by atoms with Crippen LogP contribution >= 0.6 is 0 Å². The fourth-order valence-electron chi connectivity index (χ4n) is 1.73. The molecule has 18 heavy (non-hydrogen) atoms. The molecule has 0 fully saturated rings. The second-order valence-electron chi connectivity index (χ2n) is 3.87. The molecule has 0 unspecified atom stereocenters. The van der Waals surface area contributed by atoms with E-state index in [1.165, 1.54) is 13.0 Å². The van der Waals surface area contributed by atoms with Crippen LogP contribution in [0.4, 0.5) is 13.2 Å². The van der Waals surface area contributed by atoms with Gasteiger partial charge in [-0.2, -0.15) is 13.2 Å². The fraction of sp³-hybridized carbons (Fsp3) is 0.364. The smallest absolute Gasteiger partial charge is 0.310 e. The van der Waals surface area contributed by atoms with Crippen LogP contribution in [-0.4, -0.2) is 15.0 Å². The van der Waals surface area contributed by atoms with Gasteiger partial charge in [-0.25, -0.2) is 9.97 Å². The summed E-state index contributed by atoms with van der Waals surface area (Å²) in [6.07, 6.45) is -4.40. The summed E-state index contributed by atoms with van der Waals surface area (Å²) in [7, 11) is 0. The van der Waals surface area contributed by atoms with Crippen LogP contribution in [0.15, 0.2) is 10.9 Å². The van der Waals surface area contributed by atoms with Crippen LogP contribution in [0.1, 0.15) is 24.0 Å². The number of aromatic amines is 1. The van der Waals surface area contributed by atoms with Gasteiger partial charge in [0.25, 0.3) is 5.56 Å². The zero-order valence-electron chi connectivity index (χ0n) is 9.72. The molecule has 0 aliphatic heterocycles. The molecule has 0 saturated carbocycles. The van der Waals surface area contributed by atoms with Gasteiger partial charge in [-0.3, -0.25) is 4.79 Å². The van der Waals surface area contributed by atoms with Crippen molar-refractivity contribution in [1.82, 2.24) is 15.0 Å². The predicted molar refractivity (Wildman–Crippen MR) is 59.3 cm³/mol. The molecular weight excluding hydrogens is 247 g/mol. The molecule has 4 nitrogen and oxygen atoms in total. The van der Waals surface area contributed by atoms with Crippen molar-refractivity contribution in [2.24, 2.45) is 0 Å². The standard InChI is InChI=1S/C11H10F3N3O/c1-3-6-4-7-9(15-5(2)16-10(7)18)17-8(6)11(12,13)14/h4H,3H2,1-2H3,(H,15,16,17,18). The van der Waals surface area contributed by atoms with Gasteiger partial charge < -0.3 is 4.98 Å². The summed E-state index contributed by atoms with van der Waals surface area (Å²) in [5.41, 5.74) is -1.64. The predicted octanol–water partition coefficient (Wildman–Crippen LogP) is 2.21. The maximum absolute atomic E-state index is 12.8. The first kappa shape index (κ1) is 12.5. The number of H-pyrrole nitrogens is 1. The summed E-state index contributed by atoms with van der Waals surface area (Å²) < 4.78 is 38.4. The summed E-state index contributed by atoms with van der Waals surface area (Å²) in [6.45, 7) is 3.07. The summed E-state index contributed by atoms with van der Waals surface area (Å²) in [4.78, 5) is 21.3. The number of hydrogen-bond acceptors (Lipinski definition) is 3. The summed E-state index contributed by atoms with van der Waals surface area (Å²) in [5.74, 6) is 0.234. The first-order chi connectivity index (χ1) is 8.32. The van der Waals surface area contributed by atoms with E-state index in [1.807, 2.05) is 0 Å². The van der Waals surface area contributed by atoms with E-state index in [2.05, 4.69) is 15.0 Å². The van der Waals surface area contributed by atoms with Crippen molar-refractivity contribution in [3.05, 3.63) is 33.5 Å². The lowest BCUT2D eigenvalue weighted by atomic mass is 10.1. The molecule has 0 radical (unpaired) electrons. The van der Waals surface area contributed by atoms with E-state index in [1.54, 1.807) is 6.92 Å². The number of aryl methyl sites for hydroxylation is 2. The van der Waals surface area contributed by atoms with Crippen LogP contribution in [0.2, 0.25) is 0 Å². The molecule has 0 saturated heterocycles. The van der Waals surface area contributed by atoms with Gasteiger partial charge in [-0.1, -0.05) is 6.92 Å². The fourth-order valence-corrected chi connectivity index (χ4v) is 1.73. The van der Waals surface area contributed by atoms with Gasteiger partial charge in [0.2, 0.25) is 0 Å². The van der Waals surface area contributed by atoms with E-state index in [-0.39, 0.29) is 28.8 Å². The number of alkyl halides is 3. The van der Waals surface area contributed by atoms with Crippen LogP contribution < -0.4 is 5.56 Å². The molecular formula is C11H10F3N3O. The third-order valence-corrected chi connectivity index (χ3v) is 2.54. The summed E-state index contributed by atoms with van der Waals surface area (Å²) in [6, 6.07) is 1.20. The Labute approximate surface area is 99.9 Å². The zero-order chi connectivity index (χ0) is 13.5. The molecule has 0 aliphatic rings. The van der Waals surface area contributed by atoms with Crippen LogP contribution in [-0.2, 0) is 12.6 Å². The lowest BCUT2D eigenvalue weighted by Crippen LogP contribution is -2.16. The summed E-state index contributed by atoms with van der Waals surface area (Å²) in [5, 5.41) is 0.0745. The minimum Gasteiger partial charge on any atom is -0.310 e. The topological polar surface area (TPSA) is 58.6 Å². The first-order valence-corrected chi connectivity index (χ1v) is 5.30. The van der Waals surface area contributed by atoms with Crippen LogP contribution in [0.5, 0.6) is 0 Å². The SMILES string of the molecule is CCc1cc2c(=O)[nH]c(C)nc2nc1C(F)(F)F. The minimum absolute atomic E-state index is 0.00819. The molecule has 96 valence electrons. The highest BCUT2D eigenvalue weighted by atomic mass is 19.4. The summed E-state index contributed by atoms with van der Waals surface area (Å²) >= 11 is 0. The molecule has 2 aromatic rings. The highest BCUT2D eigenvalue weighted by molar-refractivity contribution is 5.74. The molecule has 0 spiro atoms. The lowest BCUT2D eigenvalue weighted by Gasteiger charge is -2.11. The van der Waals surface area contributed by atoms with Crippen LogP contribution in [0.25, 0.3) is 11.0 Å². The third kappa shape index (κ3) is 2.07. The van der Waals surface area contributed by atoms with Gasteiger partial charge in [0.15, 0.2) is 5.65 Å². The van der Waals surface area contributed by atoms with Crippen molar-refractivity contribution >= 4 is 11.0 Å². The molecule has 2 rings (SSSR count). The van der Waals surface area contributed by atoms with Gasteiger partial charge in [0.05, 0.1) is 5.39 Å². The molecule has 2 aromatic heterocycles. The Morgan fingerprint density at radius 1 is 1.33 bits per heavy atom. The Bertz CT molecular complexity index is 661. The van der Waals surface area contributed by atoms with E-state index in [9.17, 15) is 18.0 Å². The van der Waals surface area contributed by atoms with Crippen molar-refractivity contribution in [3.8, 4) is 0 Å². The average molecular weight is 257 g/mol. The molecule has 0 amide bonds. The van der Waals surface area contributed by atoms with E-state index in [0.717, 1.165) is 0 Å². The van der Waals surface area contributed by atoms with Crippen molar-refractivity contribution in [1.29, 1.82) is 0 Å². The number of hydrogen-bond donors (Lipinski definition) is 1. The zero-order valence-corrected chi connectivity index (χ0v) is 9.72. The van der Waals surface area contributed by atoms with E-state index < -0.39 is 17.4 Å². The highest BCUT2D eigenvalue weighted by Crippen LogP contribution is 2.31. The molecule has 0 atom stereocenters. The number of pyridine rings is 1. The number of nitrogens with zero attached hydrogens (tertiary/aromatic N) is 2. The molecule has 0 bridgehead atoms. The third-order valence-electron chi connectivity index (χ3n) is 2.54. The second-order valence-corrected chi connectivity index (χ2v) is 3.87. The quantitative estimate of drug-likeness (QED) is 0.852. The van der Waals surface area contributed by atoms with Crippen molar-refractivity contribution in [2.75, 3.05) is 0 Å².